The molecule has 3 aliphatic rings. The zero-order valence-corrected chi connectivity index (χ0v) is 20.0. The van der Waals surface area contributed by atoms with Gasteiger partial charge in [-0.1, -0.05) is 36.4 Å². The summed E-state index contributed by atoms with van der Waals surface area (Å²) in [6, 6.07) is 17.9. The van der Waals surface area contributed by atoms with E-state index in [-0.39, 0.29) is 17.6 Å². The molecule has 2 heterocycles. The third-order valence-corrected chi connectivity index (χ3v) is 8.31. The fourth-order valence-electron chi connectivity index (χ4n) is 6.88. The fourth-order valence-corrected chi connectivity index (χ4v) is 6.88. The zero-order valence-electron chi connectivity index (χ0n) is 20.0. The lowest BCUT2D eigenvalue weighted by atomic mass is 9.61. The van der Waals surface area contributed by atoms with Crippen LogP contribution in [0, 0.1) is 11.8 Å². The van der Waals surface area contributed by atoms with Crippen LogP contribution in [0.4, 0.5) is 10.5 Å². The molecular formula is C28H35N3O3. The number of nitrogens with one attached hydrogen (secondary N) is 2. The summed E-state index contributed by atoms with van der Waals surface area (Å²) in [6.45, 7) is 0.891. The average Bonchev–Trinajstić information content (AvgIpc) is 3.22. The Labute approximate surface area is 202 Å². The number of carbonyl (C=O) groups excluding carboxylic acids is 2. The first kappa shape index (κ1) is 22.8. The lowest BCUT2D eigenvalue weighted by Gasteiger charge is -2.53. The molecule has 0 aromatic heterocycles. The van der Waals surface area contributed by atoms with Crippen molar-refractivity contribution >= 4 is 17.6 Å². The molecule has 0 radical (unpaired) electrons. The van der Waals surface area contributed by atoms with Gasteiger partial charge in [0.25, 0.3) is 0 Å². The predicted octanol–water partition coefficient (Wildman–Crippen LogP) is 5.00. The molecule has 34 heavy (non-hydrogen) atoms. The Bertz CT molecular complexity index is 1030. The molecule has 180 valence electrons. The molecule has 6 heteroatoms. The molecule has 1 spiro atoms. The maximum Gasteiger partial charge on any atom is 0.319 e. The van der Waals surface area contributed by atoms with E-state index in [9.17, 15) is 9.59 Å². The Morgan fingerprint density at radius 1 is 1.09 bits per heavy atom. The molecule has 3 amide bonds. The Morgan fingerprint density at radius 3 is 2.76 bits per heavy atom. The van der Waals surface area contributed by atoms with Crippen molar-refractivity contribution in [2.75, 3.05) is 19.0 Å². The third kappa shape index (κ3) is 4.38. The van der Waals surface area contributed by atoms with Crippen LogP contribution in [0.25, 0.3) is 0 Å². The molecule has 1 aliphatic carbocycles. The number of methoxy groups -OCH3 is 1. The van der Waals surface area contributed by atoms with E-state index < -0.39 is 0 Å². The minimum Gasteiger partial charge on any atom is -0.497 e. The standard InChI is InChI=1S/C28H35N3O3/c1-34-22-11-5-10-21(19-22)29-27(33)30-25-14-16-28-15-7-17-31(28)26(32)13-6-12-24(28)23(25)18-20-8-3-2-4-9-20/h2-5,8-11,19,23-25H,6-7,12-18H2,1H3,(H2,29,30,33)/t23?,24-,25-,28+/m0/s1. The maximum absolute atomic E-state index is 13.1. The molecule has 0 bridgehead atoms. The van der Waals surface area contributed by atoms with Crippen LogP contribution in [0.15, 0.2) is 54.6 Å². The van der Waals surface area contributed by atoms with E-state index in [2.05, 4.69) is 39.8 Å². The van der Waals surface area contributed by atoms with Crippen molar-refractivity contribution in [3.63, 3.8) is 0 Å². The van der Waals surface area contributed by atoms with Crippen molar-refractivity contribution in [2.45, 2.75) is 62.9 Å². The summed E-state index contributed by atoms with van der Waals surface area (Å²) in [5.74, 6) is 1.74. The van der Waals surface area contributed by atoms with Gasteiger partial charge in [0.1, 0.15) is 5.75 Å². The topological polar surface area (TPSA) is 70.7 Å². The van der Waals surface area contributed by atoms with Crippen LogP contribution in [0.1, 0.15) is 50.5 Å². The van der Waals surface area contributed by atoms with Crippen LogP contribution in [0.3, 0.4) is 0 Å². The van der Waals surface area contributed by atoms with Crippen LogP contribution in [0.5, 0.6) is 5.75 Å². The second-order valence-electron chi connectivity index (χ2n) is 10.1. The van der Waals surface area contributed by atoms with Gasteiger partial charge in [-0.05, 0) is 74.5 Å². The molecule has 1 saturated carbocycles. The van der Waals surface area contributed by atoms with Crippen molar-refractivity contribution in [1.82, 2.24) is 10.2 Å². The third-order valence-electron chi connectivity index (χ3n) is 8.31. The van der Waals surface area contributed by atoms with Crippen LogP contribution in [-0.4, -0.2) is 42.1 Å². The number of urea groups is 1. The smallest absolute Gasteiger partial charge is 0.319 e. The van der Waals surface area contributed by atoms with Gasteiger partial charge in [-0.15, -0.1) is 0 Å². The summed E-state index contributed by atoms with van der Waals surface area (Å²) in [4.78, 5) is 28.2. The molecule has 3 fully saturated rings. The summed E-state index contributed by atoms with van der Waals surface area (Å²) >= 11 is 0. The average molecular weight is 462 g/mol. The van der Waals surface area contributed by atoms with Gasteiger partial charge in [0, 0.05) is 36.3 Å². The summed E-state index contributed by atoms with van der Waals surface area (Å²) in [5.41, 5.74) is 1.98. The summed E-state index contributed by atoms with van der Waals surface area (Å²) < 4.78 is 5.29. The largest absolute Gasteiger partial charge is 0.497 e. The SMILES string of the molecule is COc1cccc(NC(=O)N[C@H]2CC[C@@]34CCCN3C(=O)CCC[C@H]4C2Cc2ccccc2)c1. The number of carbonyl (C=O) groups is 2. The molecule has 2 saturated heterocycles. The summed E-state index contributed by atoms with van der Waals surface area (Å²) in [7, 11) is 1.62. The van der Waals surface area contributed by atoms with Crippen molar-refractivity contribution in [1.29, 1.82) is 0 Å². The molecule has 2 aliphatic heterocycles. The normalized spacial score (nSPS) is 28.4. The monoisotopic (exact) mass is 461 g/mol. The molecule has 2 N–H and O–H groups in total. The van der Waals surface area contributed by atoms with Gasteiger partial charge in [0.2, 0.25) is 5.91 Å². The minimum absolute atomic E-state index is 0.0333. The van der Waals surface area contributed by atoms with Crippen molar-refractivity contribution in [3.05, 3.63) is 60.2 Å². The molecule has 1 unspecified atom stereocenters. The molecule has 2 aromatic rings. The summed E-state index contributed by atoms with van der Waals surface area (Å²) in [6.07, 6.45) is 7.61. The van der Waals surface area contributed by atoms with Crippen LogP contribution >= 0.6 is 0 Å². The van der Waals surface area contributed by atoms with E-state index in [0.717, 1.165) is 51.5 Å². The minimum atomic E-state index is -0.180. The maximum atomic E-state index is 13.1. The van der Waals surface area contributed by atoms with E-state index in [1.165, 1.54) is 5.56 Å². The lowest BCUT2D eigenvalue weighted by Crippen LogP contribution is -2.61. The van der Waals surface area contributed by atoms with Crippen molar-refractivity contribution in [3.8, 4) is 5.75 Å². The highest BCUT2D eigenvalue weighted by atomic mass is 16.5. The first-order valence-corrected chi connectivity index (χ1v) is 12.6. The Morgan fingerprint density at radius 2 is 1.94 bits per heavy atom. The van der Waals surface area contributed by atoms with Crippen LogP contribution in [-0.2, 0) is 11.2 Å². The number of nitrogens with zero attached hydrogens (tertiary/aromatic N) is 1. The van der Waals surface area contributed by atoms with E-state index in [4.69, 9.17) is 4.74 Å². The number of benzene rings is 2. The zero-order chi connectivity index (χ0) is 23.5. The highest BCUT2D eigenvalue weighted by Crippen LogP contribution is 2.52. The Kier molecular flexibility index (Phi) is 6.48. The molecule has 5 rings (SSSR count). The van der Waals surface area contributed by atoms with Gasteiger partial charge in [0.15, 0.2) is 0 Å². The van der Waals surface area contributed by atoms with E-state index in [1.54, 1.807) is 7.11 Å². The predicted molar refractivity (Wildman–Crippen MR) is 133 cm³/mol. The van der Waals surface area contributed by atoms with Crippen LogP contribution < -0.4 is 15.4 Å². The van der Waals surface area contributed by atoms with Gasteiger partial charge in [-0.25, -0.2) is 4.79 Å². The van der Waals surface area contributed by atoms with E-state index in [0.29, 0.717) is 35.6 Å². The summed E-state index contributed by atoms with van der Waals surface area (Å²) in [5, 5.41) is 6.31. The number of anilines is 1. The molecule has 4 atom stereocenters. The Balaban J connectivity index is 1.39. The lowest BCUT2D eigenvalue weighted by molar-refractivity contribution is -0.138. The second kappa shape index (κ2) is 9.69. The van der Waals surface area contributed by atoms with Gasteiger partial charge in [-0.3, -0.25) is 4.79 Å². The quantitative estimate of drug-likeness (QED) is 0.658. The van der Waals surface area contributed by atoms with Gasteiger partial charge < -0.3 is 20.3 Å². The van der Waals surface area contributed by atoms with Crippen molar-refractivity contribution < 1.29 is 14.3 Å². The highest BCUT2D eigenvalue weighted by Gasteiger charge is 2.56. The first-order chi connectivity index (χ1) is 16.6. The number of rotatable bonds is 5. The number of hydrogen-bond donors (Lipinski definition) is 2. The van der Waals surface area contributed by atoms with Gasteiger partial charge in [0.05, 0.1) is 7.11 Å². The van der Waals surface area contributed by atoms with Gasteiger partial charge in [-0.2, -0.15) is 0 Å². The number of hydrogen-bond acceptors (Lipinski definition) is 3. The number of amides is 3. The van der Waals surface area contributed by atoms with E-state index in [1.807, 2.05) is 30.3 Å². The second-order valence-corrected chi connectivity index (χ2v) is 10.1. The Hall–Kier alpha value is -3.02. The van der Waals surface area contributed by atoms with Gasteiger partial charge >= 0.3 is 6.03 Å². The number of ether oxygens (including phenoxy) is 1. The molecular weight excluding hydrogens is 426 g/mol. The fraction of sp³-hybridized carbons (Fsp3) is 0.500. The molecule has 2 aromatic carbocycles. The van der Waals surface area contributed by atoms with Crippen molar-refractivity contribution in [2.24, 2.45) is 11.8 Å². The first-order valence-electron chi connectivity index (χ1n) is 12.6. The van der Waals surface area contributed by atoms with Crippen LogP contribution in [0.2, 0.25) is 0 Å². The highest BCUT2D eigenvalue weighted by molar-refractivity contribution is 5.89. The van der Waals surface area contributed by atoms with E-state index >= 15 is 0 Å². The molecule has 6 nitrogen and oxygen atoms in total.